The number of ketones is 1. The molecular weight excluding hydrogens is 450 g/mol. The van der Waals surface area contributed by atoms with E-state index in [1.54, 1.807) is 12.1 Å². The molecule has 6 heteroatoms. The molecule has 0 spiro atoms. The van der Waals surface area contributed by atoms with Crippen LogP contribution < -0.4 is 4.74 Å². The van der Waals surface area contributed by atoms with Crippen LogP contribution in [0.1, 0.15) is 15.9 Å². The molecule has 0 radical (unpaired) electrons. The first-order valence-electron chi connectivity index (χ1n) is 11.1. The molecule has 3 aromatic carbocycles. The lowest BCUT2D eigenvalue weighted by Crippen LogP contribution is -2.35. The summed E-state index contributed by atoms with van der Waals surface area (Å²) in [6.07, 6.45) is 0. The summed E-state index contributed by atoms with van der Waals surface area (Å²) in [6, 6.07) is 22.6. The number of thiophene rings is 1. The SMILES string of the molecule is O=C(c1ccc(OCCN2CCSCC2)cc1)c1c(-c2ccccc2)sc2cc(O)ccc12. The Hall–Kier alpha value is -2.80. The smallest absolute Gasteiger partial charge is 0.195 e. The molecule has 2 heterocycles. The maximum Gasteiger partial charge on any atom is 0.195 e. The maximum absolute atomic E-state index is 13.6. The Labute approximate surface area is 201 Å². The van der Waals surface area contributed by atoms with Crippen LogP contribution in [0.15, 0.2) is 72.8 Å². The average molecular weight is 476 g/mol. The Bertz CT molecular complexity index is 1250. The Morgan fingerprint density at radius 3 is 2.48 bits per heavy atom. The van der Waals surface area contributed by atoms with Crippen molar-refractivity contribution in [2.75, 3.05) is 37.7 Å². The number of aromatic hydroxyl groups is 1. The molecule has 4 aromatic rings. The van der Waals surface area contributed by atoms with Crippen LogP contribution in [0.2, 0.25) is 0 Å². The van der Waals surface area contributed by atoms with Crippen molar-refractivity contribution in [3.63, 3.8) is 0 Å². The van der Waals surface area contributed by atoms with Crippen molar-refractivity contribution >= 4 is 39.0 Å². The standard InChI is InChI=1S/C27H25NO3S2/c29-21-8-11-23-24(18-21)33-27(20-4-2-1-3-5-20)25(23)26(30)19-6-9-22(10-7-19)31-15-12-28-13-16-32-17-14-28/h1-11,18,29H,12-17H2. The first-order chi connectivity index (χ1) is 16.2. The van der Waals surface area contributed by atoms with Crippen LogP contribution in [0.4, 0.5) is 0 Å². The fraction of sp³-hybridized carbons (Fsp3) is 0.222. The van der Waals surface area contributed by atoms with E-state index < -0.39 is 0 Å². The minimum Gasteiger partial charge on any atom is -0.508 e. The summed E-state index contributed by atoms with van der Waals surface area (Å²) >= 11 is 3.54. The summed E-state index contributed by atoms with van der Waals surface area (Å²) in [4.78, 5) is 17.0. The highest BCUT2D eigenvalue weighted by molar-refractivity contribution is 7.99. The molecular formula is C27H25NO3S2. The number of phenols is 1. The molecule has 5 rings (SSSR count). The van der Waals surface area contributed by atoms with E-state index in [1.807, 2.05) is 72.4 Å². The minimum absolute atomic E-state index is 0.0249. The monoisotopic (exact) mass is 475 g/mol. The van der Waals surface area contributed by atoms with Crippen LogP contribution in [0.3, 0.4) is 0 Å². The molecule has 1 saturated heterocycles. The van der Waals surface area contributed by atoms with Crippen molar-refractivity contribution in [2.24, 2.45) is 0 Å². The van der Waals surface area contributed by atoms with E-state index in [4.69, 9.17) is 4.74 Å². The van der Waals surface area contributed by atoms with E-state index in [-0.39, 0.29) is 11.5 Å². The first-order valence-corrected chi connectivity index (χ1v) is 13.0. The van der Waals surface area contributed by atoms with E-state index in [2.05, 4.69) is 4.90 Å². The molecule has 1 aliphatic heterocycles. The van der Waals surface area contributed by atoms with Crippen LogP contribution in [-0.2, 0) is 0 Å². The number of rotatable bonds is 7. The van der Waals surface area contributed by atoms with Gasteiger partial charge < -0.3 is 9.84 Å². The largest absolute Gasteiger partial charge is 0.508 e. The van der Waals surface area contributed by atoms with Gasteiger partial charge in [0.05, 0.1) is 0 Å². The number of thioether (sulfide) groups is 1. The molecule has 168 valence electrons. The molecule has 0 bridgehead atoms. The van der Waals surface area contributed by atoms with Gasteiger partial charge in [0.25, 0.3) is 0 Å². The third-order valence-electron chi connectivity index (χ3n) is 5.83. The van der Waals surface area contributed by atoms with Gasteiger partial charge in [0, 0.05) is 57.2 Å². The Kier molecular flexibility index (Phi) is 6.67. The number of hydrogen-bond donors (Lipinski definition) is 1. The van der Waals surface area contributed by atoms with Crippen LogP contribution in [-0.4, -0.2) is 53.5 Å². The van der Waals surface area contributed by atoms with Crippen LogP contribution in [0.5, 0.6) is 11.5 Å². The summed E-state index contributed by atoms with van der Waals surface area (Å²) in [5.41, 5.74) is 2.30. The van der Waals surface area contributed by atoms with Crippen LogP contribution >= 0.6 is 23.1 Å². The number of fused-ring (bicyclic) bond motifs is 1. The molecule has 1 fully saturated rings. The topological polar surface area (TPSA) is 49.8 Å². The molecule has 1 aliphatic rings. The van der Waals surface area contributed by atoms with Crippen molar-refractivity contribution in [3.8, 4) is 21.9 Å². The van der Waals surface area contributed by atoms with Crippen molar-refractivity contribution in [2.45, 2.75) is 0 Å². The van der Waals surface area contributed by atoms with Gasteiger partial charge in [-0.05, 0) is 48.0 Å². The molecule has 4 nitrogen and oxygen atoms in total. The van der Waals surface area contributed by atoms with Crippen molar-refractivity contribution in [3.05, 3.63) is 83.9 Å². The summed E-state index contributed by atoms with van der Waals surface area (Å²) in [7, 11) is 0. The lowest BCUT2D eigenvalue weighted by Gasteiger charge is -2.25. The second-order valence-corrected chi connectivity index (χ2v) is 10.3. The fourth-order valence-electron chi connectivity index (χ4n) is 4.07. The van der Waals surface area contributed by atoms with Gasteiger partial charge in [0.1, 0.15) is 18.1 Å². The number of carbonyl (C=O) groups excluding carboxylic acids is 1. The number of nitrogens with zero attached hydrogens (tertiary/aromatic N) is 1. The Balaban J connectivity index is 1.38. The zero-order chi connectivity index (χ0) is 22.6. The highest BCUT2D eigenvalue weighted by Gasteiger charge is 2.22. The zero-order valence-corrected chi connectivity index (χ0v) is 19.8. The predicted octanol–water partition coefficient (Wildman–Crippen LogP) is 5.93. The molecule has 33 heavy (non-hydrogen) atoms. The van der Waals surface area contributed by atoms with Gasteiger partial charge >= 0.3 is 0 Å². The number of hydrogen-bond acceptors (Lipinski definition) is 6. The van der Waals surface area contributed by atoms with Gasteiger partial charge in [0.15, 0.2) is 5.78 Å². The number of benzene rings is 3. The molecule has 0 unspecified atom stereocenters. The first kappa shape index (κ1) is 22.0. The van der Waals surface area contributed by atoms with Gasteiger partial charge in [-0.1, -0.05) is 30.3 Å². The lowest BCUT2D eigenvalue weighted by atomic mass is 9.97. The van der Waals surface area contributed by atoms with Gasteiger partial charge in [0.2, 0.25) is 0 Å². The molecule has 0 aliphatic carbocycles. The van der Waals surface area contributed by atoms with Crippen LogP contribution in [0, 0.1) is 0 Å². The third kappa shape index (κ3) is 4.93. The molecule has 0 atom stereocenters. The summed E-state index contributed by atoms with van der Waals surface area (Å²) in [5, 5.41) is 10.8. The molecule has 0 saturated carbocycles. The summed E-state index contributed by atoms with van der Waals surface area (Å²) in [6.45, 7) is 3.82. The van der Waals surface area contributed by atoms with E-state index in [0.717, 1.165) is 45.9 Å². The van der Waals surface area contributed by atoms with Crippen LogP contribution in [0.25, 0.3) is 20.5 Å². The Morgan fingerprint density at radius 2 is 1.73 bits per heavy atom. The van der Waals surface area contributed by atoms with E-state index in [0.29, 0.717) is 17.7 Å². The quantitative estimate of drug-likeness (QED) is 0.336. The van der Waals surface area contributed by atoms with E-state index in [1.165, 1.54) is 22.8 Å². The normalized spacial score (nSPS) is 14.4. The summed E-state index contributed by atoms with van der Waals surface area (Å²) < 4.78 is 6.82. The molecule has 0 amide bonds. The molecule has 1 aromatic heterocycles. The summed E-state index contributed by atoms with van der Waals surface area (Å²) in [5.74, 6) is 3.34. The van der Waals surface area contributed by atoms with E-state index in [9.17, 15) is 9.90 Å². The average Bonchev–Trinajstić information content (AvgIpc) is 3.24. The second-order valence-electron chi connectivity index (χ2n) is 8.01. The fourth-order valence-corrected chi connectivity index (χ4v) is 6.28. The maximum atomic E-state index is 13.6. The Morgan fingerprint density at radius 1 is 0.970 bits per heavy atom. The van der Waals surface area contributed by atoms with Gasteiger partial charge in [-0.15, -0.1) is 11.3 Å². The number of carbonyl (C=O) groups is 1. The highest BCUT2D eigenvalue weighted by Crippen LogP contribution is 2.41. The van der Waals surface area contributed by atoms with E-state index >= 15 is 0 Å². The van der Waals surface area contributed by atoms with Crippen molar-refractivity contribution in [1.82, 2.24) is 4.90 Å². The van der Waals surface area contributed by atoms with Gasteiger partial charge in [-0.25, -0.2) is 0 Å². The number of phenolic OH excluding ortho intramolecular Hbond substituents is 1. The lowest BCUT2D eigenvalue weighted by molar-refractivity contribution is 0.104. The van der Waals surface area contributed by atoms with Crippen molar-refractivity contribution < 1.29 is 14.6 Å². The van der Waals surface area contributed by atoms with Gasteiger partial charge in [-0.3, -0.25) is 9.69 Å². The predicted molar refractivity (Wildman–Crippen MR) is 138 cm³/mol. The third-order valence-corrected chi connectivity index (χ3v) is 7.98. The van der Waals surface area contributed by atoms with Crippen molar-refractivity contribution in [1.29, 1.82) is 0 Å². The highest BCUT2D eigenvalue weighted by atomic mass is 32.2. The number of ether oxygens (including phenoxy) is 1. The minimum atomic E-state index is -0.0249. The van der Waals surface area contributed by atoms with Gasteiger partial charge in [-0.2, -0.15) is 11.8 Å². The second kappa shape index (κ2) is 10.00. The molecule has 1 N–H and O–H groups in total. The zero-order valence-electron chi connectivity index (χ0n) is 18.2.